The third kappa shape index (κ3) is 4.20. The molecule has 0 saturated carbocycles. The van der Waals surface area contributed by atoms with Crippen LogP contribution in [0.15, 0.2) is 18.5 Å². The number of aromatic nitrogens is 1. The Labute approximate surface area is 116 Å². The predicted octanol–water partition coefficient (Wildman–Crippen LogP) is 1.47. The summed E-state index contributed by atoms with van der Waals surface area (Å²) in [6.07, 6.45) is 5.79. The monoisotopic (exact) mass is 279 g/mol. The standard InChI is InChI=1S/C13H17N3O4/c17-12(18)9-5-10(7-14-6-9)16-13(19)15-8-11-3-1-2-4-20-11/h5-7,11H,1-4,8H2,(H,17,18)(H2,15,16,19). The van der Waals surface area contributed by atoms with Crippen LogP contribution in [0.1, 0.15) is 29.6 Å². The first-order chi connectivity index (χ1) is 9.65. The SMILES string of the molecule is O=C(NCC1CCCCO1)Nc1cncc(C(=O)O)c1. The molecule has 1 aliphatic rings. The van der Waals surface area contributed by atoms with Crippen LogP contribution in [0.4, 0.5) is 10.5 Å². The summed E-state index contributed by atoms with van der Waals surface area (Å²) in [6.45, 7) is 1.18. The normalized spacial score (nSPS) is 18.3. The first kappa shape index (κ1) is 14.3. The van der Waals surface area contributed by atoms with Gasteiger partial charge < -0.3 is 20.5 Å². The summed E-state index contributed by atoms with van der Waals surface area (Å²) in [5.74, 6) is -1.09. The summed E-state index contributed by atoms with van der Waals surface area (Å²) in [4.78, 5) is 26.2. The molecular weight excluding hydrogens is 262 g/mol. The van der Waals surface area contributed by atoms with E-state index in [2.05, 4.69) is 15.6 Å². The smallest absolute Gasteiger partial charge is 0.337 e. The molecule has 2 rings (SSSR count). The van der Waals surface area contributed by atoms with Crippen molar-refractivity contribution < 1.29 is 19.4 Å². The van der Waals surface area contributed by atoms with E-state index in [9.17, 15) is 9.59 Å². The average molecular weight is 279 g/mol. The fraction of sp³-hybridized carbons (Fsp3) is 0.462. The van der Waals surface area contributed by atoms with Crippen LogP contribution in [0.25, 0.3) is 0 Å². The second kappa shape index (κ2) is 6.85. The maximum atomic E-state index is 11.7. The Morgan fingerprint density at radius 3 is 2.95 bits per heavy atom. The number of carbonyl (C=O) groups excluding carboxylic acids is 1. The number of urea groups is 1. The Balaban J connectivity index is 1.81. The number of hydrogen-bond donors (Lipinski definition) is 3. The van der Waals surface area contributed by atoms with E-state index in [1.807, 2.05) is 0 Å². The summed E-state index contributed by atoms with van der Waals surface area (Å²) >= 11 is 0. The van der Waals surface area contributed by atoms with E-state index < -0.39 is 12.0 Å². The average Bonchev–Trinajstić information content (AvgIpc) is 2.46. The number of carbonyl (C=O) groups is 2. The van der Waals surface area contributed by atoms with Crippen LogP contribution in [-0.4, -0.2) is 41.3 Å². The molecule has 0 aromatic carbocycles. The number of aromatic carboxylic acids is 1. The largest absolute Gasteiger partial charge is 0.478 e. The van der Waals surface area contributed by atoms with Crippen LogP contribution >= 0.6 is 0 Å². The Kier molecular flexibility index (Phi) is 4.89. The summed E-state index contributed by atoms with van der Waals surface area (Å²) < 4.78 is 5.50. The molecule has 1 aliphatic heterocycles. The molecule has 2 heterocycles. The Bertz CT molecular complexity index is 486. The van der Waals surface area contributed by atoms with Crippen LogP contribution < -0.4 is 10.6 Å². The zero-order valence-electron chi connectivity index (χ0n) is 11.0. The molecule has 1 aromatic rings. The molecule has 7 nitrogen and oxygen atoms in total. The molecule has 0 aliphatic carbocycles. The van der Waals surface area contributed by atoms with Gasteiger partial charge in [0.1, 0.15) is 0 Å². The quantitative estimate of drug-likeness (QED) is 0.775. The Morgan fingerprint density at radius 2 is 2.25 bits per heavy atom. The van der Waals surface area contributed by atoms with Crippen LogP contribution in [-0.2, 0) is 4.74 Å². The van der Waals surface area contributed by atoms with Crippen LogP contribution in [0.3, 0.4) is 0 Å². The number of amides is 2. The summed E-state index contributed by atoms with van der Waals surface area (Å²) in [5.41, 5.74) is 0.366. The molecule has 3 N–H and O–H groups in total. The summed E-state index contributed by atoms with van der Waals surface area (Å²) in [6, 6.07) is 0.954. The molecule has 1 saturated heterocycles. The van der Waals surface area contributed by atoms with Gasteiger partial charge in [-0.15, -0.1) is 0 Å². The molecule has 0 radical (unpaired) electrons. The lowest BCUT2D eigenvalue weighted by Gasteiger charge is -2.22. The van der Waals surface area contributed by atoms with E-state index >= 15 is 0 Å². The van der Waals surface area contributed by atoms with Gasteiger partial charge in [0.25, 0.3) is 0 Å². The highest BCUT2D eigenvalue weighted by atomic mass is 16.5. The zero-order valence-corrected chi connectivity index (χ0v) is 11.0. The first-order valence-corrected chi connectivity index (χ1v) is 6.50. The van der Waals surface area contributed by atoms with E-state index in [0.717, 1.165) is 25.9 Å². The Morgan fingerprint density at radius 1 is 1.40 bits per heavy atom. The summed E-state index contributed by atoms with van der Waals surface area (Å²) in [7, 11) is 0. The van der Waals surface area contributed by atoms with Crippen molar-refractivity contribution in [2.75, 3.05) is 18.5 Å². The first-order valence-electron chi connectivity index (χ1n) is 6.50. The molecular formula is C13H17N3O4. The minimum Gasteiger partial charge on any atom is -0.478 e. The number of hydrogen-bond acceptors (Lipinski definition) is 4. The number of carboxylic acid groups (broad SMARTS) is 1. The lowest BCUT2D eigenvalue weighted by Crippen LogP contribution is -2.37. The van der Waals surface area contributed by atoms with Crippen LogP contribution in [0.5, 0.6) is 0 Å². The van der Waals surface area contributed by atoms with Gasteiger partial charge in [-0.3, -0.25) is 4.98 Å². The van der Waals surface area contributed by atoms with Gasteiger partial charge in [0.05, 0.1) is 23.6 Å². The van der Waals surface area contributed by atoms with Gasteiger partial charge >= 0.3 is 12.0 Å². The van der Waals surface area contributed by atoms with Crippen molar-refractivity contribution in [2.24, 2.45) is 0 Å². The van der Waals surface area contributed by atoms with E-state index in [-0.39, 0.29) is 11.7 Å². The van der Waals surface area contributed by atoms with Crippen molar-refractivity contribution in [2.45, 2.75) is 25.4 Å². The molecule has 0 spiro atoms. The van der Waals surface area contributed by atoms with Gasteiger partial charge in [-0.05, 0) is 25.3 Å². The molecule has 0 bridgehead atoms. The molecule has 108 valence electrons. The highest BCUT2D eigenvalue weighted by Crippen LogP contribution is 2.12. The molecule has 20 heavy (non-hydrogen) atoms. The highest BCUT2D eigenvalue weighted by molar-refractivity contribution is 5.92. The third-order valence-electron chi connectivity index (χ3n) is 3.01. The molecule has 1 atom stereocenters. The van der Waals surface area contributed by atoms with Gasteiger partial charge in [-0.1, -0.05) is 0 Å². The van der Waals surface area contributed by atoms with Gasteiger partial charge in [-0.2, -0.15) is 0 Å². The van der Waals surface area contributed by atoms with Gasteiger partial charge in [0.2, 0.25) is 0 Å². The van der Waals surface area contributed by atoms with Crippen LogP contribution in [0, 0.1) is 0 Å². The van der Waals surface area contributed by atoms with Crippen molar-refractivity contribution in [3.63, 3.8) is 0 Å². The minimum atomic E-state index is -1.09. The van der Waals surface area contributed by atoms with Crippen molar-refractivity contribution >= 4 is 17.7 Å². The third-order valence-corrected chi connectivity index (χ3v) is 3.01. The number of nitrogens with one attached hydrogen (secondary N) is 2. The fourth-order valence-corrected chi connectivity index (χ4v) is 1.98. The van der Waals surface area contributed by atoms with Gasteiger partial charge in [0, 0.05) is 19.3 Å². The number of anilines is 1. The number of rotatable bonds is 4. The lowest BCUT2D eigenvalue weighted by molar-refractivity contribution is 0.0187. The number of carboxylic acids is 1. The number of pyridine rings is 1. The summed E-state index contributed by atoms with van der Waals surface area (Å²) in [5, 5.41) is 14.1. The second-order valence-electron chi connectivity index (χ2n) is 4.59. The van der Waals surface area contributed by atoms with Crippen molar-refractivity contribution in [3.8, 4) is 0 Å². The second-order valence-corrected chi connectivity index (χ2v) is 4.59. The van der Waals surface area contributed by atoms with E-state index in [0.29, 0.717) is 12.2 Å². The molecule has 1 unspecified atom stereocenters. The maximum absolute atomic E-state index is 11.7. The van der Waals surface area contributed by atoms with E-state index in [1.165, 1.54) is 18.5 Å². The zero-order chi connectivity index (χ0) is 14.4. The Hall–Kier alpha value is -2.15. The van der Waals surface area contributed by atoms with Crippen molar-refractivity contribution in [3.05, 3.63) is 24.0 Å². The minimum absolute atomic E-state index is 0.0263. The topological polar surface area (TPSA) is 101 Å². The van der Waals surface area contributed by atoms with E-state index in [1.54, 1.807) is 0 Å². The molecule has 7 heteroatoms. The maximum Gasteiger partial charge on any atom is 0.337 e. The number of ether oxygens (including phenoxy) is 1. The van der Waals surface area contributed by atoms with Gasteiger partial charge in [0.15, 0.2) is 0 Å². The number of nitrogens with zero attached hydrogens (tertiary/aromatic N) is 1. The molecule has 1 aromatic heterocycles. The van der Waals surface area contributed by atoms with Crippen molar-refractivity contribution in [1.82, 2.24) is 10.3 Å². The molecule has 1 fully saturated rings. The lowest BCUT2D eigenvalue weighted by atomic mass is 10.1. The van der Waals surface area contributed by atoms with Gasteiger partial charge in [-0.25, -0.2) is 9.59 Å². The molecule has 2 amide bonds. The van der Waals surface area contributed by atoms with E-state index in [4.69, 9.17) is 9.84 Å². The predicted molar refractivity (Wildman–Crippen MR) is 71.8 cm³/mol. The fourth-order valence-electron chi connectivity index (χ4n) is 1.98. The highest BCUT2D eigenvalue weighted by Gasteiger charge is 2.14. The van der Waals surface area contributed by atoms with Crippen LogP contribution in [0.2, 0.25) is 0 Å². The van der Waals surface area contributed by atoms with Crippen molar-refractivity contribution in [1.29, 1.82) is 0 Å².